The second-order valence-corrected chi connectivity index (χ2v) is 5.73. The van der Waals surface area contributed by atoms with E-state index in [9.17, 15) is 4.79 Å². The molecule has 0 saturated heterocycles. The first-order valence-electron chi connectivity index (χ1n) is 7.63. The molecule has 0 radical (unpaired) electrons. The molecular weight excluding hydrogens is 286 g/mol. The molecule has 0 aliphatic heterocycles. The van der Waals surface area contributed by atoms with Gasteiger partial charge in [0.1, 0.15) is 0 Å². The number of hydrogen-bond donors (Lipinski definition) is 3. The zero-order chi connectivity index (χ0) is 15.8. The predicted octanol–water partition coefficient (Wildman–Crippen LogP) is 3.40. The summed E-state index contributed by atoms with van der Waals surface area (Å²) in [4.78, 5) is 18.7. The maximum Gasteiger partial charge on any atom is 0.257 e. The van der Waals surface area contributed by atoms with Crippen LogP contribution in [-0.4, -0.2) is 17.0 Å². The van der Waals surface area contributed by atoms with E-state index in [-0.39, 0.29) is 5.56 Å². The van der Waals surface area contributed by atoms with Crippen molar-refractivity contribution in [3.8, 4) is 11.3 Å². The number of aromatic amines is 2. The lowest BCUT2D eigenvalue weighted by molar-refractivity contribution is 0.819. The highest BCUT2D eigenvalue weighted by molar-refractivity contribution is 5.89. The summed E-state index contributed by atoms with van der Waals surface area (Å²) in [7, 11) is 1.93. The van der Waals surface area contributed by atoms with Gasteiger partial charge in [-0.2, -0.15) is 0 Å². The van der Waals surface area contributed by atoms with E-state index < -0.39 is 0 Å². The fraction of sp³-hybridized carbons (Fsp3) is 0.105. The zero-order valence-corrected chi connectivity index (χ0v) is 12.8. The van der Waals surface area contributed by atoms with Crippen LogP contribution in [-0.2, 0) is 6.54 Å². The van der Waals surface area contributed by atoms with Crippen LogP contribution >= 0.6 is 0 Å². The fourth-order valence-electron chi connectivity index (χ4n) is 2.99. The highest BCUT2D eigenvalue weighted by Gasteiger charge is 2.09. The van der Waals surface area contributed by atoms with Crippen molar-refractivity contribution in [2.75, 3.05) is 7.05 Å². The average molecular weight is 303 g/mol. The molecule has 0 atom stereocenters. The SMILES string of the molecule is CNCc1ccc2[nH]c(-c3cc4ccccc4[nH]c3=O)cc2c1. The molecule has 2 aromatic carbocycles. The molecule has 0 bridgehead atoms. The van der Waals surface area contributed by atoms with Crippen molar-refractivity contribution in [2.24, 2.45) is 0 Å². The van der Waals surface area contributed by atoms with E-state index in [1.54, 1.807) is 0 Å². The van der Waals surface area contributed by atoms with E-state index in [4.69, 9.17) is 0 Å². The van der Waals surface area contributed by atoms with E-state index in [2.05, 4.69) is 33.5 Å². The highest BCUT2D eigenvalue weighted by Crippen LogP contribution is 2.24. The van der Waals surface area contributed by atoms with Gasteiger partial charge < -0.3 is 15.3 Å². The molecule has 0 aliphatic carbocycles. The Bertz CT molecular complexity index is 1060. The van der Waals surface area contributed by atoms with Crippen LogP contribution in [0.1, 0.15) is 5.56 Å². The topological polar surface area (TPSA) is 60.7 Å². The Labute approximate surface area is 133 Å². The molecule has 2 heterocycles. The maximum absolute atomic E-state index is 12.4. The van der Waals surface area contributed by atoms with Gasteiger partial charge in [-0.25, -0.2) is 0 Å². The third-order valence-corrected chi connectivity index (χ3v) is 4.11. The average Bonchev–Trinajstić information content (AvgIpc) is 2.97. The monoisotopic (exact) mass is 303 g/mol. The Morgan fingerprint density at radius 2 is 1.74 bits per heavy atom. The van der Waals surface area contributed by atoms with Crippen molar-refractivity contribution in [2.45, 2.75) is 6.54 Å². The van der Waals surface area contributed by atoms with Crippen LogP contribution < -0.4 is 10.9 Å². The number of H-pyrrole nitrogens is 2. The molecule has 0 spiro atoms. The maximum atomic E-state index is 12.4. The summed E-state index contributed by atoms with van der Waals surface area (Å²) < 4.78 is 0. The minimum absolute atomic E-state index is 0.0781. The second kappa shape index (κ2) is 5.41. The van der Waals surface area contributed by atoms with Gasteiger partial charge in [0, 0.05) is 23.0 Å². The number of fused-ring (bicyclic) bond motifs is 2. The highest BCUT2D eigenvalue weighted by atomic mass is 16.1. The van der Waals surface area contributed by atoms with E-state index >= 15 is 0 Å². The Morgan fingerprint density at radius 3 is 2.61 bits per heavy atom. The molecule has 4 rings (SSSR count). The normalized spacial score (nSPS) is 11.3. The van der Waals surface area contributed by atoms with Crippen molar-refractivity contribution < 1.29 is 0 Å². The van der Waals surface area contributed by atoms with Crippen molar-refractivity contribution in [1.82, 2.24) is 15.3 Å². The molecule has 0 unspecified atom stereocenters. The van der Waals surface area contributed by atoms with Gasteiger partial charge in [0.05, 0.1) is 11.3 Å². The van der Waals surface area contributed by atoms with Gasteiger partial charge in [-0.15, -0.1) is 0 Å². The molecular formula is C19H17N3O. The van der Waals surface area contributed by atoms with Crippen molar-refractivity contribution in [3.05, 3.63) is 70.5 Å². The minimum atomic E-state index is -0.0781. The summed E-state index contributed by atoms with van der Waals surface area (Å²) in [5, 5.41) is 5.29. The van der Waals surface area contributed by atoms with Crippen LogP contribution in [0.5, 0.6) is 0 Å². The molecule has 0 saturated carbocycles. The van der Waals surface area contributed by atoms with E-state index in [1.165, 1.54) is 5.56 Å². The fourth-order valence-corrected chi connectivity index (χ4v) is 2.99. The van der Waals surface area contributed by atoms with Gasteiger partial charge in [-0.3, -0.25) is 4.79 Å². The van der Waals surface area contributed by atoms with Crippen molar-refractivity contribution in [3.63, 3.8) is 0 Å². The molecule has 0 fully saturated rings. The van der Waals surface area contributed by atoms with Crippen LogP contribution in [0.4, 0.5) is 0 Å². The summed E-state index contributed by atoms with van der Waals surface area (Å²) in [5.74, 6) is 0. The summed E-state index contributed by atoms with van der Waals surface area (Å²) in [6.45, 7) is 0.826. The third kappa shape index (κ3) is 2.43. The van der Waals surface area contributed by atoms with Gasteiger partial charge >= 0.3 is 0 Å². The van der Waals surface area contributed by atoms with Crippen LogP contribution in [0.3, 0.4) is 0 Å². The quantitative estimate of drug-likeness (QED) is 0.543. The van der Waals surface area contributed by atoms with Crippen LogP contribution in [0.15, 0.2) is 59.4 Å². The molecule has 0 aliphatic rings. The largest absolute Gasteiger partial charge is 0.354 e. The Morgan fingerprint density at radius 1 is 0.913 bits per heavy atom. The van der Waals surface area contributed by atoms with E-state index in [0.717, 1.165) is 34.0 Å². The van der Waals surface area contributed by atoms with Gasteiger partial charge in [0.25, 0.3) is 5.56 Å². The van der Waals surface area contributed by atoms with Crippen LogP contribution in [0.25, 0.3) is 33.1 Å². The molecule has 4 nitrogen and oxygen atoms in total. The number of pyridine rings is 1. The van der Waals surface area contributed by atoms with E-state index in [1.807, 2.05) is 43.4 Å². The standard InChI is InChI=1S/C19H17N3O/c1-20-11-12-6-7-17-14(8-12)10-18(21-17)15-9-13-4-2-3-5-16(13)22-19(15)23/h2-10,20-21H,11H2,1H3,(H,22,23). The lowest BCUT2D eigenvalue weighted by Crippen LogP contribution is -2.08. The molecule has 0 amide bonds. The molecule has 4 aromatic rings. The Balaban J connectivity index is 1.88. The molecule has 2 aromatic heterocycles. The number of benzene rings is 2. The van der Waals surface area contributed by atoms with Crippen LogP contribution in [0, 0.1) is 0 Å². The third-order valence-electron chi connectivity index (χ3n) is 4.11. The number of hydrogen-bond acceptors (Lipinski definition) is 2. The first-order chi connectivity index (χ1) is 11.2. The molecule has 114 valence electrons. The van der Waals surface area contributed by atoms with Gasteiger partial charge in [0.2, 0.25) is 0 Å². The minimum Gasteiger partial charge on any atom is -0.354 e. The molecule has 4 heteroatoms. The first kappa shape index (κ1) is 13.8. The van der Waals surface area contributed by atoms with Crippen molar-refractivity contribution >= 4 is 21.8 Å². The Kier molecular flexibility index (Phi) is 3.24. The molecule has 23 heavy (non-hydrogen) atoms. The zero-order valence-electron chi connectivity index (χ0n) is 12.8. The summed E-state index contributed by atoms with van der Waals surface area (Å²) in [6.07, 6.45) is 0. The lowest BCUT2D eigenvalue weighted by Gasteiger charge is -2.01. The second-order valence-electron chi connectivity index (χ2n) is 5.73. The smallest absolute Gasteiger partial charge is 0.257 e. The van der Waals surface area contributed by atoms with E-state index in [0.29, 0.717) is 5.56 Å². The lowest BCUT2D eigenvalue weighted by atomic mass is 10.1. The van der Waals surface area contributed by atoms with Gasteiger partial charge in [-0.1, -0.05) is 24.3 Å². The van der Waals surface area contributed by atoms with Crippen LogP contribution in [0.2, 0.25) is 0 Å². The summed E-state index contributed by atoms with van der Waals surface area (Å²) in [5.41, 5.74) is 4.54. The number of para-hydroxylation sites is 1. The first-order valence-corrected chi connectivity index (χ1v) is 7.63. The van der Waals surface area contributed by atoms with Crippen molar-refractivity contribution in [1.29, 1.82) is 0 Å². The summed E-state index contributed by atoms with van der Waals surface area (Å²) in [6, 6.07) is 18.1. The van der Waals surface area contributed by atoms with Gasteiger partial charge in [0.15, 0.2) is 0 Å². The van der Waals surface area contributed by atoms with Gasteiger partial charge in [-0.05, 0) is 48.3 Å². The Hall–Kier alpha value is -2.85. The predicted molar refractivity (Wildman–Crippen MR) is 94.6 cm³/mol. The molecule has 3 N–H and O–H groups in total. The number of aromatic nitrogens is 2. The number of rotatable bonds is 3. The summed E-state index contributed by atoms with van der Waals surface area (Å²) >= 11 is 0. The number of nitrogens with one attached hydrogen (secondary N) is 3.